The van der Waals surface area contributed by atoms with E-state index in [-0.39, 0.29) is 0 Å². The summed E-state index contributed by atoms with van der Waals surface area (Å²) >= 11 is 6.65. The highest BCUT2D eigenvalue weighted by Crippen LogP contribution is 2.37. The van der Waals surface area contributed by atoms with Gasteiger partial charge in [-0.2, -0.15) is 0 Å². The van der Waals surface area contributed by atoms with Crippen molar-refractivity contribution in [2.45, 2.75) is 32.6 Å². The number of nitrogens with one attached hydrogen (secondary N) is 1. The molecule has 0 radical (unpaired) electrons. The molecule has 0 saturated carbocycles. The smallest absolute Gasteiger partial charge is 0.404 e. The van der Waals surface area contributed by atoms with Crippen molar-refractivity contribution >= 4 is 23.4 Å². The lowest BCUT2D eigenvalue weighted by molar-refractivity contribution is 0.193. The maximum Gasteiger partial charge on any atom is 0.404 e. The number of unbranched alkanes of at least 4 members (excludes halogenated alkanes) is 1. The van der Waals surface area contributed by atoms with Gasteiger partial charge >= 0.3 is 6.09 Å². The molecule has 2 rings (SSSR count). The molecule has 0 bridgehead atoms. The van der Waals surface area contributed by atoms with Crippen molar-refractivity contribution in [2.24, 2.45) is 0 Å². The number of carbonyl (C=O) groups is 1. The second-order valence-electron chi connectivity index (χ2n) is 6.96. The van der Waals surface area contributed by atoms with E-state index >= 15 is 0 Å². The van der Waals surface area contributed by atoms with Gasteiger partial charge in [0.1, 0.15) is 0 Å². The number of benzene rings is 2. The average molecular weight is 419 g/mol. The first-order chi connectivity index (χ1) is 14.1. The lowest BCUT2D eigenvalue weighted by atomic mass is 9.99. The van der Waals surface area contributed by atoms with Crippen LogP contribution in [0.4, 0.5) is 10.5 Å². The van der Waals surface area contributed by atoms with Gasteiger partial charge in [-0.05, 0) is 48.9 Å². The fourth-order valence-electron chi connectivity index (χ4n) is 3.38. The second-order valence-corrected chi connectivity index (χ2v) is 7.37. The predicted octanol–water partition coefficient (Wildman–Crippen LogP) is 5.46. The summed E-state index contributed by atoms with van der Waals surface area (Å²) in [6, 6.07) is 14.5. The summed E-state index contributed by atoms with van der Waals surface area (Å²) in [6.45, 7) is 4.90. The van der Waals surface area contributed by atoms with Crippen molar-refractivity contribution in [1.82, 2.24) is 5.32 Å². The van der Waals surface area contributed by atoms with E-state index in [9.17, 15) is 4.79 Å². The van der Waals surface area contributed by atoms with Crippen molar-refractivity contribution in [3.63, 3.8) is 0 Å². The van der Waals surface area contributed by atoms with Crippen LogP contribution in [0.3, 0.4) is 0 Å². The second kappa shape index (κ2) is 12.3. The van der Waals surface area contributed by atoms with E-state index < -0.39 is 6.09 Å². The molecule has 0 fully saturated rings. The molecule has 1 amide bonds. The summed E-state index contributed by atoms with van der Waals surface area (Å²) in [5.74, 6) is 0. The molecule has 0 saturated heterocycles. The zero-order chi connectivity index (χ0) is 21.1. The largest absolute Gasteiger partial charge is 0.465 e. The summed E-state index contributed by atoms with van der Waals surface area (Å²) in [7, 11) is 1.71. The molecule has 0 aliphatic heterocycles. The van der Waals surface area contributed by atoms with E-state index in [1.165, 1.54) is 5.56 Å². The van der Waals surface area contributed by atoms with Gasteiger partial charge < -0.3 is 20.1 Å². The first kappa shape index (κ1) is 23.0. The lowest BCUT2D eigenvalue weighted by Crippen LogP contribution is -2.30. The minimum absolute atomic E-state index is 0.422. The van der Waals surface area contributed by atoms with Crippen LogP contribution in [0.15, 0.2) is 42.5 Å². The quantitative estimate of drug-likeness (QED) is 0.449. The first-order valence-electron chi connectivity index (χ1n) is 10.1. The number of methoxy groups -OCH3 is 1. The number of hydrogen-bond acceptors (Lipinski definition) is 3. The van der Waals surface area contributed by atoms with Gasteiger partial charge in [0.25, 0.3) is 0 Å². The van der Waals surface area contributed by atoms with Gasteiger partial charge in [0.05, 0.1) is 5.02 Å². The fourth-order valence-corrected chi connectivity index (χ4v) is 3.65. The molecule has 5 nitrogen and oxygen atoms in total. The zero-order valence-corrected chi connectivity index (χ0v) is 18.0. The molecule has 0 spiro atoms. The number of ether oxygens (including phenoxy) is 1. The fraction of sp³-hybridized carbons (Fsp3) is 0.435. The summed E-state index contributed by atoms with van der Waals surface area (Å²) in [5.41, 5.74) is 4.49. The SMILES string of the molecule is CCc1cccc(-c2c(Cl)cccc2N(CCCCOC)CCCNC(=O)O)c1. The highest BCUT2D eigenvalue weighted by Gasteiger charge is 2.16. The monoisotopic (exact) mass is 418 g/mol. The molecule has 0 aromatic heterocycles. The summed E-state index contributed by atoms with van der Waals surface area (Å²) in [5, 5.41) is 12.0. The third-order valence-electron chi connectivity index (χ3n) is 4.86. The van der Waals surface area contributed by atoms with Gasteiger partial charge in [-0.15, -0.1) is 0 Å². The molecule has 0 aliphatic carbocycles. The van der Waals surface area contributed by atoms with Crippen LogP contribution in [0.2, 0.25) is 5.02 Å². The Balaban J connectivity index is 2.29. The van der Waals surface area contributed by atoms with Gasteiger partial charge in [0, 0.05) is 44.6 Å². The molecule has 0 atom stereocenters. The number of carboxylic acid groups (broad SMARTS) is 1. The third kappa shape index (κ3) is 7.26. The summed E-state index contributed by atoms with van der Waals surface area (Å²) in [6.07, 6.45) is 2.66. The number of halogens is 1. The Kier molecular flexibility index (Phi) is 9.81. The van der Waals surface area contributed by atoms with Crippen LogP contribution in [0.5, 0.6) is 0 Å². The molecule has 29 heavy (non-hydrogen) atoms. The van der Waals surface area contributed by atoms with E-state index in [0.717, 1.165) is 67.2 Å². The number of rotatable bonds is 12. The predicted molar refractivity (Wildman–Crippen MR) is 120 cm³/mol. The molecule has 2 N–H and O–H groups in total. The first-order valence-corrected chi connectivity index (χ1v) is 10.5. The van der Waals surface area contributed by atoms with Gasteiger partial charge in [-0.3, -0.25) is 0 Å². The van der Waals surface area contributed by atoms with Crippen LogP contribution < -0.4 is 10.2 Å². The third-order valence-corrected chi connectivity index (χ3v) is 5.18. The molecule has 6 heteroatoms. The minimum Gasteiger partial charge on any atom is -0.465 e. The van der Waals surface area contributed by atoms with Gasteiger partial charge in [-0.1, -0.05) is 48.9 Å². The van der Waals surface area contributed by atoms with E-state index in [1.54, 1.807) is 7.11 Å². The average Bonchev–Trinajstić information content (AvgIpc) is 2.72. The Bertz CT molecular complexity index is 782. The topological polar surface area (TPSA) is 61.8 Å². The van der Waals surface area contributed by atoms with Crippen molar-refractivity contribution in [3.8, 4) is 11.1 Å². The van der Waals surface area contributed by atoms with Gasteiger partial charge in [0.15, 0.2) is 0 Å². The van der Waals surface area contributed by atoms with Crippen LogP contribution in [0, 0.1) is 0 Å². The summed E-state index contributed by atoms with van der Waals surface area (Å²) in [4.78, 5) is 13.1. The van der Waals surface area contributed by atoms with Gasteiger partial charge in [0.2, 0.25) is 0 Å². The van der Waals surface area contributed by atoms with Crippen LogP contribution >= 0.6 is 11.6 Å². The maximum atomic E-state index is 10.7. The molecular weight excluding hydrogens is 388 g/mol. The number of nitrogens with zero attached hydrogens (tertiary/aromatic N) is 1. The number of anilines is 1. The number of hydrogen-bond donors (Lipinski definition) is 2. The Labute approximate surface area is 178 Å². The molecule has 0 aliphatic rings. The molecule has 2 aromatic carbocycles. The Morgan fingerprint density at radius 1 is 1.14 bits per heavy atom. The van der Waals surface area contributed by atoms with Crippen LogP contribution in [0.25, 0.3) is 11.1 Å². The van der Waals surface area contributed by atoms with E-state index in [0.29, 0.717) is 6.54 Å². The van der Waals surface area contributed by atoms with Crippen molar-refractivity contribution < 1.29 is 14.6 Å². The van der Waals surface area contributed by atoms with Crippen molar-refractivity contribution in [1.29, 1.82) is 0 Å². The maximum absolute atomic E-state index is 10.7. The Morgan fingerprint density at radius 2 is 1.90 bits per heavy atom. The van der Waals surface area contributed by atoms with E-state index in [1.807, 2.05) is 12.1 Å². The minimum atomic E-state index is -0.989. The molecule has 0 heterocycles. The van der Waals surface area contributed by atoms with E-state index in [4.69, 9.17) is 21.4 Å². The number of amides is 1. The normalized spacial score (nSPS) is 10.7. The Hall–Kier alpha value is -2.24. The highest BCUT2D eigenvalue weighted by atomic mass is 35.5. The molecule has 0 unspecified atom stereocenters. The van der Waals surface area contributed by atoms with Crippen LogP contribution in [0.1, 0.15) is 31.7 Å². The number of aryl methyl sites for hydroxylation is 1. The molecule has 158 valence electrons. The van der Waals surface area contributed by atoms with Crippen molar-refractivity contribution in [3.05, 3.63) is 53.1 Å². The summed E-state index contributed by atoms with van der Waals surface area (Å²) < 4.78 is 5.18. The zero-order valence-electron chi connectivity index (χ0n) is 17.3. The standard InChI is InChI=1S/C23H31ClN2O3/c1-3-18-9-6-10-19(17-18)22-20(24)11-7-12-21(22)26(14-4-5-16-29-2)15-8-13-25-23(27)28/h6-7,9-12,17,25H,3-5,8,13-16H2,1-2H3,(H,27,28). The molecule has 2 aromatic rings. The van der Waals surface area contributed by atoms with Crippen LogP contribution in [-0.2, 0) is 11.2 Å². The van der Waals surface area contributed by atoms with E-state index in [2.05, 4.69) is 47.5 Å². The molecular formula is C23H31ClN2O3. The lowest BCUT2D eigenvalue weighted by Gasteiger charge is -2.28. The van der Waals surface area contributed by atoms with Gasteiger partial charge in [-0.25, -0.2) is 4.79 Å². The Morgan fingerprint density at radius 3 is 2.62 bits per heavy atom. The highest BCUT2D eigenvalue weighted by molar-refractivity contribution is 6.34. The van der Waals surface area contributed by atoms with Crippen LogP contribution in [-0.4, -0.2) is 44.6 Å². The van der Waals surface area contributed by atoms with Crippen molar-refractivity contribution in [2.75, 3.05) is 38.3 Å².